The average Bonchev–Trinajstić information content (AvgIpc) is 3.14. The van der Waals surface area contributed by atoms with Crippen LogP contribution >= 0.6 is 15.9 Å². The molecule has 1 fully saturated rings. The van der Waals surface area contributed by atoms with Crippen LogP contribution in [-0.2, 0) is 16.6 Å². The van der Waals surface area contributed by atoms with Crippen LogP contribution in [-0.4, -0.2) is 29.6 Å². The Morgan fingerprint density at radius 2 is 2.26 bits per heavy atom. The van der Waals surface area contributed by atoms with Crippen LogP contribution in [0, 0.1) is 5.92 Å². The van der Waals surface area contributed by atoms with Crippen molar-refractivity contribution in [3.05, 3.63) is 22.4 Å². The molecule has 0 aromatic carbocycles. The summed E-state index contributed by atoms with van der Waals surface area (Å²) < 4.78 is 7.28. The second-order valence-corrected chi connectivity index (χ2v) is 5.77. The van der Waals surface area contributed by atoms with Gasteiger partial charge in [-0.05, 0) is 40.8 Å². The molecule has 1 aromatic heterocycles. The standard InChI is InChI=1S/C13H17BrN2O3/c1-16-7-9(14)5-11(16)13(18)15-10(8-3-4-8)6-12(17)19-2/h5,7-8,10H,3-4,6H2,1-2H3,(H,15,18)/t10-/m0/s1. The van der Waals surface area contributed by atoms with E-state index in [4.69, 9.17) is 0 Å². The van der Waals surface area contributed by atoms with Crippen LogP contribution in [0.2, 0.25) is 0 Å². The first kappa shape index (κ1) is 14.1. The van der Waals surface area contributed by atoms with Gasteiger partial charge < -0.3 is 14.6 Å². The number of methoxy groups -OCH3 is 1. The van der Waals surface area contributed by atoms with E-state index in [0.717, 1.165) is 17.3 Å². The summed E-state index contributed by atoms with van der Waals surface area (Å²) in [5.41, 5.74) is 0.572. The van der Waals surface area contributed by atoms with Crippen molar-refractivity contribution in [3.8, 4) is 0 Å². The summed E-state index contributed by atoms with van der Waals surface area (Å²) in [5, 5.41) is 2.93. The number of aryl methyl sites for hydroxylation is 1. The van der Waals surface area contributed by atoms with Gasteiger partial charge in [0, 0.05) is 23.8 Å². The zero-order valence-corrected chi connectivity index (χ0v) is 12.6. The number of amides is 1. The molecule has 1 N–H and O–H groups in total. The van der Waals surface area contributed by atoms with E-state index in [2.05, 4.69) is 26.0 Å². The minimum atomic E-state index is -0.287. The van der Waals surface area contributed by atoms with Gasteiger partial charge in [-0.25, -0.2) is 0 Å². The molecule has 1 aliphatic carbocycles. The van der Waals surface area contributed by atoms with Crippen molar-refractivity contribution in [2.45, 2.75) is 25.3 Å². The number of rotatable bonds is 5. The second-order valence-electron chi connectivity index (χ2n) is 4.85. The highest BCUT2D eigenvalue weighted by atomic mass is 79.9. The predicted octanol–water partition coefficient (Wildman–Crippen LogP) is 1.86. The van der Waals surface area contributed by atoms with Crippen molar-refractivity contribution in [2.75, 3.05) is 7.11 Å². The molecular weight excluding hydrogens is 312 g/mol. The van der Waals surface area contributed by atoms with Crippen LogP contribution in [0.4, 0.5) is 0 Å². The fourth-order valence-corrected chi connectivity index (χ4v) is 2.61. The Balaban J connectivity index is 2.02. The Kier molecular flexibility index (Phi) is 4.29. The minimum absolute atomic E-state index is 0.131. The summed E-state index contributed by atoms with van der Waals surface area (Å²) >= 11 is 3.34. The van der Waals surface area contributed by atoms with E-state index in [1.54, 1.807) is 10.6 Å². The quantitative estimate of drug-likeness (QED) is 0.839. The van der Waals surface area contributed by atoms with Crippen LogP contribution in [0.1, 0.15) is 29.8 Å². The molecule has 19 heavy (non-hydrogen) atoms. The third kappa shape index (κ3) is 3.59. The molecule has 1 heterocycles. The van der Waals surface area contributed by atoms with Gasteiger partial charge in [-0.3, -0.25) is 9.59 Å². The first-order valence-electron chi connectivity index (χ1n) is 6.20. The van der Waals surface area contributed by atoms with E-state index in [1.807, 2.05) is 13.2 Å². The Bertz CT molecular complexity index is 494. The summed E-state index contributed by atoms with van der Waals surface area (Å²) in [6.07, 6.45) is 4.16. The summed E-state index contributed by atoms with van der Waals surface area (Å²) in [6.45, 7) is 0. The van der Waals surface area contributed by atoms with Gasteiger partial charge in [-0.1, -0.05) is 0 Å². The number of hydrogen-bond donors (Lipinski definition) is 1. The molecule has 1 atom stereocenters. The summed E-state index contributed by atoms with van der Waals surface area (Å²) in [7, 11) is 3.18. The van der Waals surface area contributed by atoms with Gasteiger partial charge in [0.05, 0.1) is 13.5 Å². The first-order chi connectivity index (χ1) is 9.01. The molecule has 0 aliphatic heterocycles. The zero-order valence-electron chi connectivity index (χ0n) is 11.0. The van der Waals surface area contributed by atoms with Crippen LogP contribution in [0.3, 0.4) is 0 Å². The van der Waals surface area contributed by atoms with E-state index in [1.165, 1.54) is 7.11 Å². The monoisotopic (exact) mass is 328 g/mol. The van der Waals surface area contributed by atoms with Gasteiger partial charge in [-0.15, -0.1) is 0 Å². The molecule has 104 valence electrons. The number of hydrogen-bond acceptors (Lipinski definition) is 3. The van der Waals surface area contributed by atoms with E-state index in [-0.39, 0.29) is 24.3 Å². The SMILES string of the molecule is COC(=O)C[C@H](NC(=O)c1cc(Br)cn1C)C1CC1. The molecule has 1 amide bonds. The number of ether oxygens (including phenoxy) is 1. The number of aromatic nitrogens is 1. The second kappa shape index (κ2) is 5.77. The normalized spacial score (nSPS) is 15.9. The van der Waals surface area contributed by atoms with E-state index < -0.39 is 0 Å². The van der Waals surface area contributed by atoms with Crippen LogP contribution in [0.25, 0.3) is 0 Å². The van der Waals surface area contributed by atoms with Gasteiger partial charge in [0.15, 0.2) is 0 Å². The Morgan fingerprint density at radius 3 is 2.74 bits per heavy atom. The fraction of sp³-hybridized carbons (Fsp3) is 0.538. The van der Waals surface area contributed by atoms with Gasteiger partial charge in [-0.2, -0.15) is 0 Å². The lowest BCUT2D eigenvalue weighted by molar-refractivity contribution is -0.141. The summed E-state index contributed by atoms with van der Waals surface area (Å²) in [4.78, 5) is 23.5. The van der Waals surface area contributed by atoms with Crippen molar-refractivity contribution in [1.82, 2.24) is 9.88 Å². The van der Waals surface area contributed by atoms with Crippen molar-refractivity contribution in [3.63, 3.8) is 0 Å². The molecule has 2 rings (SSSR count). The summed E-state index contributed by atoms with van der Waals surface area (Å²) in [5.74, 6) is -0.0500. The lowest BCUT2D eigenvalue weighted by Crippen LogP contribution is -2.39. The highest BCUT2D eigenvalue weighted by Gasteiger charge is 2.34. The third-order valence-corrected chi connectivity index (χ3v) is 3.76. The molecule has 0 unspecified atom stereocenters. The molecule has 0 spiro atoms. The molecule has 1 aromatic rings. The maximum atomic E-state index is 12.2. The van der Waals surface area contributed by atoms with E-state index >= 15 is 0 Å². The highest BCUT2D eigenvalue weighted by molar-refractivity contribution is 9.10. The van der Waals surface area contributed by atoms with Crippen molar-refractivity contribution in [2.24, 2.45) is 13.0 Å². The first-order valence-corrected chi connectivity index (χ1v) is 7.00. The molecule has 0 saturated heterocycles. The number of halogens is 1. The van der Waals surface area contributed by atoms with Gasteiger partial charge in [0.2, 0.25) is 0 Å². The van der Waals surface area contributed by atoms with Crippen molar-refractivity contribution < 1.29 is 14.3 Å². The zero-order chi connectivity index (χ0) is 14.0. The molecule has 0 radical (unpaired) electrons. The highest BCUT2D eigenvalue weighted by Crippen LogP contribution is 2.34. The maximum Gasteiger partial charge on any atom is 0.307 e. The van der Waals surface area contributed by atoms with E-state index in [0.29, 0.717) is 11.6 Å². The average molecular weight is 329 g/mol. The van der Waals surface area contributed by atoms with Gasteiger partial charge >= 0.3 is 5.97 Å². The topological polar surface area (TPSA) is 60.3 Å². The van der Waals surface area contributed by atoms with Gasteiger partial charge in [0.25, 0.3) is 5.91 Å². The summed E-state index contributed by atoms with van der Waals surface area (Å²) in [6, 6.07) is 1.63. The number of nitrogens with one attached hydrogen (secondary N) is 1. The van der Waals surface area contributed by atoms with Crippen LogP contribution in [0.5, 0.6) is 0 Å². The molecule has 1 aliphatic rings. The Morgan fingerprint density at radius 1 is 1.58 bits per heavy atom. The maximum absolute atomic E-state index is 12.2. The minimum Gasteiger partial charge on any atom is -0.469 e. The third-order valence-electron chi connectivity index (χ3n) is 3.33. The number of nitrogens with zero attached hydrogens (tertiary/aromatic N) is 1. The molecule has 5 nitrogen and oxygen atoms in total. The number of carbonyl (C=O) groups is 2. The lowest BCUT2D eigenvalue weighted by atomic mass is 10.1. The van der Waals surface area contributed by atoms with Gasteiger partial charge in [0.1, 0.15) is 5.69 Å². The van der Waals surface area contributed by atoms with Crippen molar-refractivity contribution >= 4 is 27.8 Å². The predicted molar refractivity (Wildman–Crippen MR) is 73.7 cm³/mol. The smallest absolute Gasteiger partial charge is 0.307 e. The Hall–Kier alpha value is -1.30. The molecule has 0 bridgehead atoms. The molecule has 6 heteroatoms. The lowest BCUT2D eigenvalue weighted by Gasteiger charge is -2.17. The van der Waals surface area contributed by atoms with Crippen LogP contribution < -0.4 is 5.32 Å². The van der Waals surface area contributed by atoms with Crippen molar-refractivity contribution in [1.29, 1.82) is 0 Å². The fourth-order valence-electron chi connectivity index (χ4n) is 2.09. The number of esters is 1. The molecule has 1 saturated carbocycles. The Labute approximate surface area is 120 Å². The molecular formula is C13H17BrN2O3. The van der Waals surface area contributed by atoms with E-state index in [9.17, 15) is 9.59 Å². The number of carbonyl (C=O) groups excluding carboxylic acids is 2. The van der Waals surface area contributed by atoms with Crippen LogP contribution in [0.15, 0.2) is 16.7 Å². The largest absolute Gasteiger partial charge is 0.469 e.